The first-order chi connectivity index (χ1) is 8.03. The van der Waals surface area contributed by atoms with Gasteiger partial charge in [-0.25, -0.2) is 13.3 Å². The molecule has 0 amide bonds. The Bertz CT molecular complexity index is 427. The number of unbranched alkanes of at least 4 members (excludes halogenated alkanes) is 2. The topological polar surface area (TPSA) is 61.4 Å². The molecule has 1 heterocycles. The van der Waals surface area contributed by atoms with Crippen molar-refractivity contribution in [2.24, 2.45) is 7.05 Å². The third-order valence-corrected chi connectivity index (χ3v) is 3.18. The summed E-state index contributed by atoms with van der Waals surface area (Å²) in [5.41, 5.74) is 0. The molecule has 6 nitrogen and oxygen atoms in total. The lowest BCUT2D eigenvalue weighted by molar-refractivity contribution is -0.671. The molecular formula is C10H19N2O4S+. The van der Waals surface area contributed by atoms with Gasteiger partial charge in [0.2, 0.25) is 6.33 Å². The second-order valence-electron chi connectivity index (χ2n) is 3.77. The van der Waals surface area contributed by atoms with Crippen molar-refractivity contribution >= 4 is 10.4 Å². The number of rotatable bonds is 8. The van der Waals surface area contributed by atoms with Crippen LogP contribution in [0.1, 0.15) is 19.3 Å². The number of hydrogen-bond acceptors (Lipinski definition) is 4. The maximum absolute atomic E-state index is 10.8. The summed E-state index contributed by atoms with van der Waals surface area (Å²) in [6.07, 6.45) is 8.61. The van der Waals surface area contributed by atoms with Gasteiger partial charge >= 0.3 is 10.4 Å². The van der Waals surface area contributed by atoms with E-state index in [-0.39, 0.29) is 6.61 Å². The molecule has 0 spiro atoms. The van der Waals surface area contributed by atoms with Crippen LogP contribution in [0, 0.1) is 0 Å². The largest absolute Gasteiger partial charge is 0.399 e. The van der Waals surface area contributed by atoms with Gasteiger partial charge in [0, 0.05) is 0 Å². The highest BCUT2D eigenvalue weighted by Gasteiger charge is 2.07. The van der Waals surface area contributed by atoms with Crippen LogP contribution in [0.2, 0.25) is 0 Å². The third-order valence-electron chi connectivity index (χ3n) is 2.32. The number of hydrogen-bond donors (Lipinski definition) is 0. The molecule has 98 valence electrons. The first kappa shape index (κ1) is 14.1. The van der Waals surface area contributed by atoms with Gasteiger partial charge in [-0.15, -0.1) is 0 Å². The second kappa shape index (κ2) is 6.73. The molecule has 0 radical (unpaired) electrons. The van der Waals surface area contributed by atoms with Crippen molar-refractivity contribution in [1.29, 1.82) is 0 Å². The molecule has 1 aromatic rings. The van der Waals surface area contributed by atoms with Crippen LogP contribution in [0.25, 0.3) is 0 Å². The lowest BCUT2D eigenvalue weighted by atomic mass is 10.2. The van der Waals surface area contributed by atoms with Gasteiger partial charge in [-0.05, 0) is 19.3 Å². The van der Waals surface area contributed by atoms with Gasteiger partial charge in [-0.1, -0.05) is 0 Å². The molecule has 0 bridgehead atoms. The molecule has 0 aliphatic heterocycles. The van der Waals surface area contributed by atoms with E-state index in [9.17, 15) is 8.42 Å². The number of imidazole rings is 1. The average Bonchev–Trinajstić information content (AvgIpc) is 2.69. The molecule has 0 unspecified atom stereocenters. The van der Waals surface area contributed by atoms with E-state index in [1.54, 1.807) is 0 Å². The monoisotopic (exact) mass is 263 g/mol. The van der Waals surface area contributed by atoms with Crippen molar-refractivity contribution in [2.75, 3.05) is 13.7 Å². The molecule has 1 aromatic heterocycles. The van der Waals surface area contributed by atoms with Crippen LogP contribution in [0.5, 0.6) is 0 Å². The number of aryl methyl sites for hydroxylation is 2. The molecule has 0 aliphatic carbocycles. The summed E-state index contributed by atoms with van der Waals surface area (Å²) in [5.74, 6) is 0. The van der Waals surface area contributed by atoms with Crippen LogP contribution in [-0.2, 0) is 32.4 Å². The van der Waals surface area contributed by atoms with Gasteiger partial charge in [-0.3, -0.25) is 4.18 Å². The Balaban J connectivity index is 2.05. The van der Waals surface area contributed by atoms with Crippen LogP contribution in [0.3, 0.4) is 0 Å². The quantitative estimate of drug-likeness (QED) is 0.503. The summed E-state index contributed by atoms with van der Waals surface area (Å²) in [5, 5.41) is 0. The summed E-state index contributed by atoms with van der Waals surface area (Å²) in [7, 11) is -0.707. The van der Waals surface area contributed by atoms with Crippen LogP contribution >= 0.6 is 0 Å². The SMILES string of the molecule is COS(=O)(=O)OCCCCCn1cc[n+](C)c1. The number of nitrogens with zero attached hydrogens (tertiary/aromatic N) is 2. The molecule has 0 atom stereocenters. The van der Waals surface area contributed by atoms with E-state index < -0.39 is 10.4 Å². The molecule has 0 aliphatic rings. The average molecular weight is 263 g/mol. The van der Waals surface area contributed by atoms with E-state index in [4.69, 9.17) is 0 Å². The van der Waals surface area contributed by atoms with E-state index in [0.29, 0.717) is 6.42 Å². The molecule has 0 fully saturated rings. The fourth-order valence-electron chi connectivity index (χ4n) is 1.42. The highest BCUT2D eigenvalue weighted by molar-refractivity contribution is 7.81. The lowest BCUT2D eigenvalue weighted by Crippen LogP contribution is -2.23. The van der Waals surface area contributed by atoms with Gasteiger partial charge in [-0.2, -0.15) is 8.42 Å². The molecule has 0 saturated carbocycles. The first-order valence-electron chi connectivity index (χ1n) is 5.49. The molecule has 0 N–H and O–H groups in total. The van der Waals surface area contributed by atoms with Crippen molar-refractivity contribution in [3.63, 3.8) is 0 Å². The maximum atomic E-state index is 10.8. The van der Waals surface area contributed by atoms with E-state index in [1.165, 1.54) is 0 Å². The Labute approximate surface area is 102 Å². The summed E-state index contributed by atoms with van der Waals surface area (Å²) in [6, 6.07) is 0. The van der Waals surface area contributed by atoms with Crippen molar-refractivity contribution < 1.29 is 21.4 Å². The zero-order chi connectivity index (χ0) is 12.7. The second-order valence-corrected chi connectivity index (χ2v) is 5.16. The summed E-state index contributed by atoms with van der Waals surface area (Å²) in [4.78, 5) is 0. The fourth-order valence-corrected chi connectivity index (χ4v) is 1.83. The van der Waals surface area contributed by atoms with Crippen LogP contribution in [-0.4, -0.2) is 26.7 Å². The maximum Gasteiger partial charge on any atom is 0.399 e. The van der Waals surface area contributed by atoms with Crippen molar-refractivity contribution in [3.8, 4) is 0 Å². The van der Waals surface area contributed by atoms with Crippen molar-refractivity contribution in [2.45, 2.75) is 25.8 Å². The van der Waals surface area contributed by atoms with Gasteiger partial charge in [0.25, 0.3) is 0 Å². The molecule has 1 rings (SSSR count). The van der Waals surface area contributed by atoms with Crippen LogP contribution < -0.4 is 4.57 Å². The molecule has 7 heteroatoms. The van der Waals surface area contributed by atoms with E-state index >= 15 is 0 Å². The van der Waals surface area contributed by atoms with E-state index in [0.717, 1.165) is 26.5 Å². The Morgan fingerprint density at radius 1 is 1.29 bits per heavy atom. The van der Waals surface area contributed by atoms with Crippen molar-refractivity contribution in [3.05, 3.63) is 18.7 Å². The van der Waals surface area contributed by atoms with Crippen LogP contribution in [0.4, 0.5) is 0 Å². The highest BCUT2D eigenvalue weighted by Crippen LogP contribution is 2.01. The Morgan fingerprint density at radius 3 is 2.65 bits per heavy atom. The zero-order valence-electron chi connectivity index (χ0n) is 10.2. The number of aromatic nitrogens is 2. The van der Waals surface area contributed by atoms with E-state index in [2.05, 4.69) is 12.9 Å². The fraction of sp³-hybridized carbons (Fsp3) is 0.700. The predicted molar refractivity (Wildman–Crippen MR) is 61.3 cm³/mol. The summed E-state index contributed by atoms with van der Waals surface area (Å²) >= 11 is 0. The Morgan fingerprint density at radius 2 is 2.06 bits per heavy atom. The van der Waals surface area contributed by atoms with Gasteiger partial charge in [0.05, 0.1) is 27.3 Å². The molecule has 0 aromatic carbocycles. The standard InChI is InChI=1S/C10H19N2O4S/c1-11-7-8-12(10-11)6-4-3-5-9-16-17(13,14)15-2/h7-8,10H,3-6,9H2,1-2H3/q+1. The zero-order valence-corrected chi connectivity index (χ0v) is 11.0. The Kier molecular flexibility index (Phi) is 5.60. The Hall–Kier alpha value is -0.920. The first-order valence-corrected chi connectivity index (χ1v) is 6.83. The minimum absolute atomic E-state index is 0.176. The van der Waals surface area contributed by atoms with Gasteiger partial charge in [0.15, 0.2) is 0 Å². The smallest absolute Gasteiger partial charge is 0.252 e. The normalized spacial score (nSPS) is 11.9. The minimum Gasteiger partial charge on any atom is -0.252 e. The van der Waals surface area contributed by atoms with Crippen molar-refractivity contribution in [1.82, 2.24) is 4.57 Å². The lowest BCUT2D eigenvalue weighted by Gasteiger charge is -2.02. The highest BCUT2D eigenvalue weighted by atomic mass is 32.3. The third kappa shape index (κ3) is 5.81. The molecule has 17 heavy (non-hydrogen) atoms. The minimum atomic E-state index is -3.76. The van der Waals surface area contributed by atoms with Gasteiger partial charge in [0.1, 0.15) is 12.4 Å². The molecular weight excluding hydrogens is 244 g/mol. The summed E-state index contributed by atoms with van der Waals surface area (Å²) < 4.78 is 34.4. The predicted octanol–water partition coefficient (Wildman–Crippen LogP) is 0.391. The van der Waals surface area contributed by atoms with Gasteiger partial charge < -0.3 is 0 Å². The van der Waals surface area contributed by atoms with E-state index in [1.807, 2.05) is 30.3 Å². The van der Waals surface area contributed by atoms with Crippen LogP contribution in [0.15, 0.2) is 18.7 Å². The molecule has 0 saturated heterocycles. The summed E-state index contributed by atoms with van der Waals surface area (Å²) in [6.45, 7) is 1.10.